The molecule has 0 aliphatic carbocycles. The molecule has 4 atom stereocenters. The number of carbonyl (C=O) groups is 2. The number of nitrogens with one attached hydrogen (secondary N) is 1. The van der Waals surface area contributed by atoms with Crippen molar-refractivity contribution in [1.29, 1.82) is 0 Å². The summed E-state index contributed by atoms with van der Waals surface area (Å²) in [6.45, 7) is 16.3. The average Bonchev–Trinajstić information content (AvgIpc) is 4.02. The Kier molecular flexibility index (Phi) is 23.9. The Morgan fingerprint density at radius 2 is 1.22 bits per heavy atom. The lowest BCUT2D eigenvalue weighted by molar-refractivity contribution is -0.137. The van der Waals surface area contributed by atoms with E-state index in [0.29, 0.717) is 136 Å². The fraction of sp³-hybridized carbons (Fsp3) is 0.727. The van der Waals surface area contributed by atoms with E-state index in [1.807, 2.05) is 22.2 Å². The molecular weight excluding hydrogens is 896 g/mol. The van der Waals surface area contributed by atoms with Crippen molar-refractivity contribution in [2.75, 3.05) is 127 Å². The third kappa shape index (κ3) is 16.7. The Balaban J connectivity index is 0.0000101. The Morgan fingerprint density at radius 3 is 1.69 bits per heavy atom. The molecule has 0 bridgehead atoms. The monoisotopic (exact) mass is 971 g/mol. The number of aryl methyl sites for hydroxylation is 2. The van der Waals surface area contributed by atoms with Crippen LogP contribution in [0, 0.1) is 24.2 Å². The summed E-state index contributed by atoms with van der Waals surface area (Å²) in [6.07, 6.45) is 14.6. The summed E-state index contributed by atoms with van der Waals surface area (Å²) in [4.78, 5) is 55.1. The molecule has 2 saturated heterocycles. The number of ether oxygens (including phenoxy) is 3. The van der Waals surface area contributed by atoms with Crippen molar-refractivity contribution in [2.45, 2.75) is 84.7 Å². The fourth-order valence-corrected chi connectivity index (χ4v) is 7.88. The molecule has 68 heavy (non-hydrogen) atoms. The average molecular weight is 972 g/mol. The van der Waals surface area contributed by atoms with E-state index in [1.165, 1.54) is 0 Å². The first-order valence-electron chi connectivity index (χ1n) is 23.9. The number of nitrogens with zero attached hydrogens (tertiary/aromatic N) is 14. The molecule has 0 spiro atoms. The van der Waals surface area contributed by atoms with Crippen LogP contribution in [-0.4, -0.2) is 184 Å². The normalized spacial score (nSPS) is 15.8. The Hall–Kier alpha value is -5.41. The number of guanidine groups is 1. The number of amides is 2. The van der Waals surface area contributed by atoms with Crippen LogP contribution in [0.15, 0.2) is 17.4 Å². The molecule has 0 aromatic carbocycles. The third-order valence-electron chi connectivity index (χ3n) is 12.1. The molecule has 5 heterocycles. The molecule has 24 heteroatoms. The molecule has 378 valence electrons. The first-order valence-corrected chi connectivity index (χ1v) is 23.9. The van der Waals surface area contributed by atoms with Crippen LogP contribution >= 0.6 is 12.4 Å². The number of piperazine rings is 2. The zero-order valence-corrected chi connectivity index (χ0v) is 41.3. The quantitative estimate of drug-likeness (QED) is 0.0326. The van der Waals surface area contributed by atoms with Crippen molar-refractivity contribution in [3.63, 3.8) is 0 Å². The summed E-state index contributed by atoms with van der Waals surface area (Å²) in [6, 6.07) is -0.955. The van der Waals surface area contributed by atoms with E-state index >= 15 is 0 Å². The number of aromatic nitrogens is 9. The van der Waals surface area contributed by atoms with Gasteiger partial charge in [-0.05, 0) is 50.5 Å². The second kappa shape index (κ2) is 29.5. The summed E-state index contributed by atoms with van der Waals surface area (Å²) in [5.74, 6) is 4.02. The van der Waals surface area contributed by atoms with Gasteiger partial charge in [-0.2, -0.15) is 15.0 Å². The minimum Gasteiger partial charge on any atom is -0.377 e. The second-order valence-electron chi connectivity index (χ2n) is 17.0. The molecule has 5 rings (SSSR count). The molecule has 2 amide bonds. The van der Waals surface area contributed by atoms with Gasteiger partial charge in [0.25, 0.3) is 0 Å². The van der Waals surface area contributed by atoms with E-state index in [2.05, 4.69) is 74.3 Å². The van der Waals surface area contributed by atoms with Crippen LogP contribution in [0.3, 0.4) is 0 Å². The van der Waals surface area contributed by atoms with Gasteiger partial charge in [0.2, 0.25) is 29.7 Å². The lowest BCUT2D eigenvalue weighted by Crippen LogP contribution is -2.52. The van der Waals surface area contributed by atoms with E-state index in [9.17, 15) is 9.59 Å². The third-order valence-corrected chi connectivity index (χ3v) is 12.1. The van der Waals surface area contributed by atoms with Crippen molar-refractivity contribution in [1.82, 2.24) is 54.7 Å². The number of hydrogen-bond acceptors (Lipinski definition) is 17. The molecule has 0 radical (unpaired) electrons. The number of aliphatic imine (C=N–C) groups is 1. The maximum Gasteiger partial charge on any atom is 0.247 e. The van der Waals surface area contributed by atoms with Gasteiger partial charge in [-0.3, -0.25) is 14.6 Å². The number of nitrogens with two attached hydrogens (primary N) is 3. The maximum absolute atomic E-state index is 14.2. The van der Waals surface area contributed by atoms with E-state index in [4.69, 9.17) is 52.8 Å². The highest BCUT2D eigenvalue weighted by atomic mass is 35.5. The van der Waals surface area contributed by atoms with E-state index in [1.54, 1.807) is 9.36 Å². The van der Waals surface area contributed by atoms with E-state index in [-0.39, 0.29) is 48.6 Å². The molecule has 2 fully saturated rings. The molecule has 7 N–H and O–H groups in total. The van der Waals surface area contributed by atoms with Crippen LogP contribution in [0.2, 0.25) is 0 Å². The molecule has 3 aromatic heterocycles. The predicted octanol–water partition coefficient (Wildman–Crippen LogP) is 0.931. The largest absolute Gasteiger partial charge is 0.377 e. The zero-order chi connectivity index (χ0) is 48.0. The van der Waals surface area contributed by atoms with Gasteiger partial charge in [0, 0.05) is 77.8 Å². The Labute approximate surface area is 407 Å². The minimum absolute atomic E-state index is 0. The molecule has 23 nitrogen and oxygen atoms in total. The highest BCUT2D eigenvalue weighted by molar-refractivity contribution is 5.85. The summed E-state index contributed by atoms with van der Waals surface area (Å²) >= 11 is 0. The van der Waals surface area contributed by atoms with Gasteiger partial charge < -0.3 is 56.3 Å². The number of unbranched alkanes of at least 4 members (excludes halogenated alkanes) is 1. The number of terminal acetylenes is 1. The van der Waals surface area contributed by atoms with Gasteiger partial charge in [-0.25, -0.2) is 9.36 Å². The van der Waals surface area contributed by atoms with Crippen molar-refractivity contribution >= 4 is 48.0 Å². The van der Waals surface area contributed by atoms with Crippen LogP contribution in [0.1, 0.15) is 83.3 Å². The number of anilines is 3. The second-order valence-corrected chi connectivity index (χ2v) is 17.0. The highest BCUT2D eigenvalue weighted by Crippen LogP contribution is 2.27. The van der Waals surface area contributed by atoms with Gasteiger partial charge in [-0.15, -0.1) is 29.0 Å². The number of rotatable bonds is 29. The van der Waals surface area contributed by atoms with Gasteiger partial charge >= 0.3 is 0 Å². The smallest absolute Gasteiger partial charge is 0.247 e. The Morgan fingerprint density at radius 1 is 0.735 bits per heavy atom. The van der Waals surface area contributed by atoms with Gasteiger partial charge in [0.1, 0.15) is 18.7 Å². The lowest BCUT2D eigenvalue weighted by Gasteiger charge is -2.38. The highest BCUT2D eigenvalue weighted by Gasteiger charge is 2.36. The summed E-state index contributed by atoms with van der Waals surface area (Å²) in [7, 11) is 0. The molecule has 0 unspecified atom stereocenters. The summed E-state index contributed by atoms with van der Waals surface area (Å²) in [5.41, 5.74) is 18.3. The lowest BCUT2D eigenvalue weighted by atomic mass is 9.97. The van der Waals surface area contributed by atoms with Crippen LogP contribution in [-0.2, 0) is 36.6 Å². The molecular formula is C44H75ClN18O5. The van der Waals surface area contributed by atoms with Gasteiger partial charge in [0.15, 0.2) is 5.96 Å². The van der Waals surface area contributed by atoms with E-state index < -0.39 is 12.1 Å². The standard InChI is InChI=1S/C44H74N18O5.ClH/c1-6-25-65-27-29-67-30-28-66-26-16-49-42-50-43(59-21-17-57(18-22-59)39(63)37(33(4)7-2)61-31-35(53-55-61)12-9-10-14-45)52-44(51-42)60-23-19-58(20-24-60)40(64)38(34(5)8-3)62-32-36(54-56-62)13-11-15-48-41(46)47;/h1,31-34,37-38H,7-30,45H2,2-5H3,(H4,46,47,48)(H,49,50,51,52);1H/t33-,34-,37-,38-;/m0./s1. The topological polar surface area (TPSA) is 277 Å². The van der Waals surface area contributed by atoms with Crippen molar-refractivity contribution < 1.29 is 23.8 Å². The van der Waals surface area contributed by atoms with Crippen LogP contribution in [0.4, 0.5) is 17.8 Å². The minimum atomic E-state index is -0.497. The SMILES string of the molecule is C#CCOCCOCCOCCNc1nc(N2CCN(C(=O)[C@H]([C@@H](C)CC)n3cc(CCCCN)nn3)CC2)nc(N2CCN(C(=O)[C@H]([C@@H](C)CC)n3cc(CCCN=C(N)N)nn3)CC2)n1.Cl. The van der Waals surface area contributed by atoms with Gasteiger partial charge in [-0.1, -0.05) is 56.9 Å². The first-order chi connectivity index (χ1) is 32.6. The van der Waals surface area contributed by atoms with Crippen molar-refractivity contribution in [3.05, 3.63) is 23.8 Å². The van der Waals surface area contributed by atoms with Gasteiger partial charge in [0.05, 0.1) is 44.4 Å². The number of carbonyl (C=O) groups excluding carboxylic acids is 2. The zero-order valence-electron chi connectivity index (χ0n) is 40.5. The van der Waals surface area contributed by atoms with Crippen LogP contribution in [0.25, 0.3) is 0 Å². The van der Waals surface area contributed by atoms with Crippen LogP contribution < -0.4 is 32.3 Å². The number of hydrogen-bond donors (Lipinski definition) is 4. The van der Waals surface area contributed by atoms with Crippen molar-refractivity contribution in [2.24, 2.45) is 34.0 Å². The molecule has 3 aromatic rings. The summed E-state index contributed by atoms with van der Waals surface area (Å²) < 4.78 is 20.0. The molecule has 0 saturated carbocycles. The fourth-order valence-electron chi connectivity index (χ4n) is 7.88. The Bertz CT molecular complexity index is 2010. The number of halogens is 1. The van der Waals surface area contributed by atoms with Crippen LogP contribution in [0.5, 0.6) is 0 Å². The maximum atomic E-state index is 14.2. The molecule has 2 aliphatic heterocycles. The predicted molar refractivity (Wildman–Crippen MR) is 262 cm³/mol. The van der Waals surface area contributed by atoms with E-state index in [0.717, 1.165) is 43.5 Å². The first kappa shape index (κ1) is 55.2. The molecule has 2 aliphatic rings. The van der Waals surface area contributed by atoms with Crippen molar-refractivity contribution in [3.8, 4) is 12.3 Å². The summed E-state index contributed by atoms with van der Waals surface area (Å²) in [5, 5.41) is 20.9.